The predicted molar refractivity (Wildman–Crippen MR) is 99.4 cm³/mol. The van der Waals surface area contributed by atoms with Crippen LogP contribution in [0.5, 0.6) is 5.75 Å². The van der Waals surface area contributed by atoms with E-state index in [1.165, 1.54) is 30.7 Å². The molecule has 6 heteroatoms. The van der Waals surface area contributed by atoms with Crippen molar-refractivity contribution >= 4 is 5.78 Å². The SMILES string of the molecule is COc1cc(C2CC2)ccc1-c1cc(C(=O)Cc2ccncc2F)nn1C. The molecule has 0 amide bonds. The average molecular weight is 365 g/mol. The number of rotatable bonds is 6. The van der Waals surface area contributed by atoms with E-state index in [4.69, 9.17) is 4.74 Å². The number of aromatic nitrogens is 3. The van der Waals surface area contributed by atoms with Gasteiger partial charge in [-0.25, -0.2) is 4.39 Å². The Kier molecular flexibility index (Phi) is 4.48. The molecule has 0 saturated heterocycles. The van der Waals surface area contributed by atoms with Gasteiger partial charge in [-0.15, -0.1) is 0 Å². The highest BCUT2D eigenvalue weighted by atomic mass is 19.1. The number of hydrogen-bond acceptors (Lipinski definition) is 4. The Morgan fingerprint density at radius 3 is 2.81 bits per heavy atom. The Balaban J connectivity index is 1.63. The number of hydrogen-bond donors (Lipinski definition) is 0. The zero-order chi connectivity index (χ0) is 19.0. The van der Waals surface area contributed by atoms with Gasteiger partial charge in [0.15, 0.2) is 5.78 Å². The summed E-state index contributed by atoms with van der Waals surface area (Å²) in [6, 6.07) is 9.43. The van der Waals surface area contributed by atoms with E-state index in [9.17, 15) is 9.18 Å². The van der Waals surface area contributed by atoms with Gasteiger partial charge >= 0.3 is 0 Å². The third-order valence-electron chi connectivity index (χ3n) is 4.92. The van der Waals surface area contributed by atoms with Crippen molar-refractivity contribution in [3.63, 3.8) is 0 Å². The molecule has 1 aliphatic carbocycles. The smallest absolute Gasteiger partial charge is 0.187 e. The van der Waals surface area contributed by atoms with E-state index in [-0.39, 0.29) is 12.2 Å². The lowest BCUT2D eigenvalue weighted by atomic mass is 10.0. The molecule has 1 saturated carbocycles. The van der Waals surface area contributed by atoms with Gasteiger partial charge in [0.1, 0.15) is 17.3 Å². The largest absolute Gasteiger partial charge is 0.496 e. The van der Waals surface area contributed by atoms with Crippen LogP contribution in [0.3, 0.4) is 0 Å². The number of carbonyl (C=O) groups excluding carboxylic acids is 1. The number of methoxy groups -OCH3 is 1. The van der Waals surface area contributed by atoms with E-state index >= 15 is 0 Å². The van der Waals surface area contributed by atoms with Crippen LogP contribution in [0.1, 0.15) is 40.4 Å². The lowest BCUT2D eigenvalue weighted by Gasteiger charge is -2.10. The van der Waals surface area contributed by atoms with Crippen molar-refractivity contribution in [1.82, 2.24) is 14.8 Å². The fourth-order valence-corrected chi connectivity index (χ4v) is 3.26. The molecule has 1 aliphatic rings. The summed E-state index contributed by atoms with van der Waals surface area (Å²) in [5.41, 5.74) is 3.56. The lowest BCUT2D eigenvalue weighted by Crippen LogP contribution is -2.07. The van der Waals surface area contributed by atoms with Crippen molar-refractivity contribution < 1.29 is 13.9 Å². The molecule has 0 N–H and O–H groups in total. The predicted octanol–water partition coefficient (Wildman–Crippen LogP) is 3.93. The molecule has 0 atom stereocenters. The van der Waals surface area contributed by atoms with Crippen LogP contribution in [-0.4, -0.2) is 27.7 Å². The highest BCUT2D eigenvalue weighted by molar-refractivity contribution is 5.96. The summed E-state index contributed by atoms with van der Waals surface area (Å²) in [7, 11) is 3.43. The highest BCUT2D eigenvalue weighted by Crippen LogP contribution is 2.43. The minimum atomic E-state index is -0.487. The molecule has 2 aromatic heterocycles. The summed E-state index contributed by atoms with van der Waals surface area (Å²) in [6.45, 7) is 0. The molecule has 0 spiro atoms. The van der Waals surface area contributed by atoms with Gasteiger partial charge in [-0.05, 0) is 54.2 Å². The van der Waals surface area contributed by atoms with Crippen LogP contribution in [0.2, 0.25) is 0 Å². The van der Waals surface area contributed by atoms with Gasteiger partial charge < -0.3 is 4.74 Å². The second-order valence-corrected chi connectivity index (χ2v) is 6.84. The monoisotopic (exact) mass is 365 g/mol. The summed E-state index contributed by atoms with van der Waals surface area (Å²) in [5, 5.41) is 4.33. The molecule has 0 radical (unpaired) electrons. The minimum absolute atomic E-state index is 0.0530. The van der Waals surface area contributed by atoms with E-state index in [1.54, 1.807) is 24.9 Å². The molecule has 0 unspecified atom stereocenters. The van der Waals surface area contributed by atoms with Gasteiger partial charge in [-0.3, -0.25) is 14.5 Å². The number of Topliss-reactive ketones (excluding diaryl/α,β-unsaturated/α-hetero) is 1. The Bertz CT molecular complexity index is 1010. The molecule has 1 aromatic carbocycles. The van der Waals surface area contributed by atoms with Crippen molar-refractivity contribution in [2.45, 2.75) is 25.2 Å². The van der Waals surface area contributed by atoms with Gasteiger partial charge in [-0.2, -0.15) is 5.10 Å². The Labute approximate surface area is 156 Å². The molecule has 0 aliphatic heterocycles. The number of aryl methyl sites for hydroxylation is 1. The molecular formula is C21H20FN3O2. The molecular weight excluding hydrogens is 345 g/mol. The first-order valence-corrected chi connectivity index (χ1v) is 8.90. The first-order chi connectivity index (χ1) is 13.1. The number of ketones is 1. The van der Waals surface area contributed by atoms with Gasteiger partial charge in [0, 0.05) is 25.2 Å². The van der Waals surface area contributed by atoms with E-state index in [0.29, 0.717) is 17.2 Å². The summed E-state index contributed by atoms with van der Waals surface area (Å²) in [5.74, 6) is 0.670. The van der Waals surface area contributed by atoms with E-state index in [1.807, 2.05) is 6.07 Å². The maximum absolute atomic E-state index is 13.8. The second kappa shape index (κ2) is 6.95. The molecule has 2 heterocycles. The lowest BCUT2D eigenvalue weighted by molar-refractivity contribution is 0.0986. The van der Waals surface area contributed by atoms with Gasteiger partial charge in [0.2, 0.25) is 0 Å². The maximum atomic E-state index is 13.8. The summed E-state index contributed by atoms with van der Waals surface area (Å²) in [4.78, 5) is 16.3. The molecule has 3 aromatic rings. The fourth-order valence-electron chi connectivity index (χ4n) is 3.26. The third kappa shape index (κ3) is 3.47. The zero-order valence-corrected chi connectivity index (χ0v) is 15.3. The van der Waals surface area contributed by atoms with Crippen LogP contribution < -0.4 is 4.74 Å². The molecule has 27 heavy (non-hydrogen) atoms. The Morgan fingerprint density at radius 1 is 1.30 bits per heavy atom. The number of ether oxygens (including phenoxy) is 1. The standard InChI is InChI=1S/C21H20FN3O2/c1-25-19(16-6-5-14(13-3-4-13)10-21(16)27-2)11-18(24-25)20(26)9-15-7-8-23-12-17(15)22/h5-8,10-13H,3-4,9H2,1-2H3. The fraction of sp³-hybridized carbons (Fsp3) is 0.286. The van der Waals surface area contributed by atoms with Crippen molar-refractivity contribution in [3.8, 4) is 17.0 Å². The zero-order valence-electron chi connectivity index (χ0n) is 15.3. The highest BCUT2D eigenvalue weighted by Gasteiger charge is 2.25. The van der Waals surface area contributed by atoms with E-state index in [2.05, 4.69) is 22.2 Å². The van der Waals surface area contributed by atoms with Crippen LogP contribution in [-0.2, 0) is 13.5 Å². The normalized spacial score (nSPS) is 13.6. The van der Waals surface area contributed by atoms with Crippen LogP contribution in [0.25, 0.3) is 11.3 Å². The minimum Gasteiger partial charge on any atom is -0.496 e. The number of carbonyl (C=O) groups is 1. The Morgan fingerprint density at radius 2 is 2.11 bits per heavy atom. The molecule has 1 fully saturated rings. The maximum Gasteiger partial charge on any atom is 0.187 e. The van der Waals surface area contributed by atoms with Gasteiger partial charge in [0.25, 0.3) is 0 Å². The third-order valence-corrected chi connectivity index (χ3v) is 4.92. The number of benzene rings is 1. The van der Waals surface area contributed by atoms with E-state index < -0.39 is 5.82 Å². The molecule has 138 valence electrons. The first-order valence-electron chi connectivity index (χ1n) is 8.90. The molecule has 0 bridgehead atoms. The number of nitrogens with zero attached hydrogens (tertiary/aromatic N) is 3. The quantitative estimate of drug-likeness (QED) is 0.621. The van der Waals surface area contributed by atoms with Crippen molar-refractivity contribution in [3.05, 3.63) is 65.4 Å². The van der Waals surface area contributed by atoms with Crippen LogP contribution in [0.4, 0.5) is 4.39 Å². The van der Waals surface area contributed by atoms with E-state index in [0.717, 1.165) is 23.2 Å². The summed E-state index contributed by atoms with van der Waals surface area (Å²) >= 11 is 0. The number of pyridine rings is 1. The van der Waals surface area contributed by atoms with Crippen molar-refractivity contribution in [1.29, 1.82) is 0 Å². The van der Waals surface area contributed by atoms with Crippen molar-refractivity contribution in [2.24, 2.45) is 7.05 Å². The summed E-state index contributed by atoms with van der Waals surface area (Å²) < 4.78 is 21.0. The number of halogens is 1. The Hall–Kier alpha value is -3.02. The van der Waals surface area contributed by atoms with Crippen LogP contribution in [0.15, 0.2) is 42.7 Å². The second-order valence-electron chi connectivity index (χ2n) is 6.84. The summed E-state index contributed by atoms with van der Waals surface area (Å²) in [6.07, 6.45) is 4.97. The van der Waals surface area contributed by atoms with Gasteiger partial charge in [-0.1, -0.05) is 6.07 Å². The molecule has 4 rings (SSSR count). The van der Waals surface area contributed by atoms with Crippen molar-refractivity contribution in [2.75, 3.05) is 7.11 Å². The first kappa shape index (κ1) is 17.4. The molecule has 5 nitrogen and oxygen atoms in total. The van der Waals surface area contributed by atoms with Crippen LogP contribution >= 0.6 is 0 Å². The topological polar surface area (TPSA) is 57.0 Å². The van der Waals surface area contributed by atoms with Crippen LogP contribution in [0, 0.1) is 5.82 Å². The average Bonchev–Trinajstić information content (AvgIpc) is 3.45. The van der Waals surface area contributed by atoms with Gasteiger partial charge in [0.05, 0.1) is 19.0 Å².